The zero-order valence-corrected chi connectivity index (χ0v) is 20.7. The highest BCUT2D eigenvalue weighted by molar-refractivity contribution is 7.84. The molecule has 1 aliphatic rings. The smallest absolute Gasteiger partial charge is 0.221 e. The molecule has 0 radical (unpaired) electrons. The van der Waals surface area contributed by atoms with Crippen LogP contribution in [0.5, 0.6) is 0 Å². The van der Waals surface area contributed by atoms with Gasteiger partial charge in [0, 0.05) is 56.2 Å². The van der Waals surface area contributed by atoms with Crippen molar-refractivity contribution in [1.29, 1.82) is 0 Å². The number of hydrogen-bond acceptors (Lipinski definition) is 7. The average Bonchev–Trinajstić information content (AvgIpc) is 3.06. The van der Waals surface area contributed by atoms with Crippen molar-refractivity contribution in [2.45, 2.75) is 64.5 Å². The summed E-state index contributed by atoms with van der Waals surface area (Å²) in [5.74, 6) is 3.40. The van der Waals surface area contributed by atoms with Crippen LogP contribution in [0.15, 0.2) is 11.2 Å². The number of hydrogen-bond donors (Lipinski definition) is 0. The van der Waals surface area contributed by atoms with Gasteiger partial charge in [-0.15, -0.1) is 10.2 Å². The van der Waals surface area contributed by atoms with Gasteiger partial charge in [-0.3, -0.25) is 9.11 Å². The van der Waals surface area contributed by atoms with E-state index in [-0.39, 0.29) is 5.41 Å². The summed E-state index contributed by atoms with van der Waals surface area (Å²) in [6, 6.07) is 2.17. The number of aromatic nitrogens is 5. The van der Waals surface area contributed by atoms with E-state index in [2.05, 4.69) is 53.8 Å². The standard InChI is InChI=1S/C22H37N7OS/c1-7-9-18-16-19(24-20(23-18)22(3,4)5)29-13-11-28(12-14-29)10-8-15-31(30)21-26-25-17(2)27(21)6/h16H,7-15H2,1-6H3. The number of nitrogens with zero attached hydrogens (tertiary/aromatic N) is 7. The van der Waals surface area contributed by atoms with Crippen molar-refractivity contribution in [3.8, 4) is 0 Å². The van der Waals surface area contributed by atoms with Gasteiger partial charge in [0.15, 0.2) is 0 Å². The van der Waals surface area contributed by atoms with E-state index < -0.39 is 10.8 Å². The largest absolute Gasteiger partial charge is 0.354 e. The predicted molar refractivity (Wildman–Crippen MR) is 125 cm³/mol. The van der Waals surface area contributed by atoms with Crippen molar-refractivity contribution in [2.75, 3.05) is 43.4 Å². The number of piperazine rings is 1. The zero-order chi connectivity index (χ0) is 22.6. The Bertz CT molecular complexity index is 898. The zero-order valence-electron chi connectivity index (χ0n) is 19.9. The van der Waals surface area contributed by atoms with Crippen molar-refractivity contribution < 1.29 is 4.21 Å². The average molecular weight is 448 g/mol. The monoisotopic (exact) mass is 447 g/mol. The first-order valence-corrected chi connectivity index (χ1v) is 12.6. The van der Waals surface area contributed by atoms with Crippen LogP contribution in [0.3, 0.4) is 0 Å². The molecule has 1 saturated heterocycles. The second kappa shape index (κ2) is 10.2. The number of rotatable bonds is 8. The Morgan fingerprint density at radius 3 is 2.39 bits per heavy atom. The first kappa shape index (κ1) is 23.8. The minimum Gasteiger partial charge on any atom is -0.354 e. The fraction of sp³-hybridized carbons (Fsp3) is 0.727. The highest BCUT2D eigenvalue weighted by Crippen LogP contribution is 2.23. The van der Waals surface area contributed by atoms with Gasteiger partial charge in [0.2, 0.25) is 5.16 Å². The van der Waals surface area contributed by atoms with Gasteiger partial charge in [-0.1, -0.05) is 34.1 Å². The SMILES string of the molecule is CCCc1cc(N2CCN(CCCS(=O)c3nnc(C)n3C)CC2)nc(C(C)(C)C)n1. The van der Waals surface area contributed by atoms with E-state index in [9.17, 15) is 4.21 Å². The molecule has 2 aromatic heterocycles. The molecule has 3 rings (SSSR count). The van der Waals surface area contributed by atoms with Gasteiger partial charge in [0.25, 0.3) is 0 Å². The summed E-state index contributed by atoms with van der Waals surface area (Å²) in [5, 5.41) is 8.63. The number of anilines is 1. The predicted octanol–water partition coefficient (Wildman–Crippen LogP) is 2.48. The Hall–Kier alpha value is -1.87. The molecule has 31 heavy (non-hydrogen) atoms. The normalized spacial score (nSPS) is 16.6. The van der Waals surface area contributed by atoms with Crippen LogP contribution in [0.25, 0.3) is 0 Å². The minimum absolute atomic E-state index is 0.0583. The molecule has 1 aliphatic heterocycles. The van der Waals surface area contributed by atoms with E-state index in [1.165, 1.54) is 0 Å². The van der Waals surface area contributed by atoms with E-state index >= 15 is 0 Å². The Labute approximate surface area is 188 Å². The van der Waals surface area contributed by atoms with Gasteiger partial charge in [-0.25, -0.2) is 9.97 Å². The molecule has 3 heterocycles. The lowest BCUT2D eigenvalue weighted by molar-refractivity contribution is 0.258. The van der Waals surface area contributed by atoms with Crippen LogP contribution in [0.1, 0.15) is 57.9 Å². The Kier molecular flexibility index (Phi) is 7.80. The summed E-state index contributed by atoms with van der Waals surface area (Å²) in [6.45, 7) is 15.4. The van der Waals surface area contributed by atoms with E-state index in [1.54, 1.807) is 0 Å². The van der Waals surface area contributed by atoms with E-state index in [0.717, 1.165) is 75.1 Å². The molecule has 2 aromatic rings. The summed E-state index contributed by atoms with van der Waals surface area (Å²) >= 11 is 0. The third-order valence-corrected chi connectivity index (χ3v) is 7.12. The molecule has 172 valence electrons. The van der Waals surface area contributed by atoms with Crippen LogP contribution in [-0.2, 0) is 29.7 Å². The molecule has 0 bridgehead atoms. The van der Waals surface area contributed by atoms with Gasteiger partial charge in [0.1, 0.15) is 17.5 Å². The highest BCUT2D eigenvalue weighted by Gasteiger charge is 2.23. The molecule has 1 unspecified atom stereocenters. The van der Waals surface area contributed by atoms with Crippen LogP contribution < -0.4 is 4.90 Å². The summed E-state index contributed by atoms with van der Waals surface area (Å²) in [6.07, 6.45) is 2.96. The Morgan fingerprint density at radius 2 is 1.81 bits per heavy atom. The first-order valence-electron chi connectivity index (χ1n) is 11.3. The fourth-order valence-corrected chi connectivity index (χ4v) is 4.81. The molecule has 8 nitrogen and oxygen atoms in total. The third-order valence-electron chi connectivity index (χ3n) is 5.70. The number of aryl methyl sites for hydroxylation is 2. The van der Waals surface area contributed by atoms with Crippen LogP contribution in [-0.4, -0.2) is 72.3 Å². The second-order valence-electron chi connectivity index (χ2n) is 9.36. The van der Waals surface area contributed by atoms with Gasteiger partial charge in [-0.05, 0) is 26.3 Å². The highest BCUT2D eigenvalue weighted by atomic mass is 32.2. The molecule has 1 fully saturated rings. The summed E-state index contributed by atoms with van der Waals surface area (Å²) < 4.78 is 14.3. The minimum atomic E-state index is -1.10. The van der Waals surface area contributed by atoms with Gasteiger partial charge in [-0.2, -0.15) is 0 Å². The Morgan fingerprint density at radius 1 is 1.10 bits per heavy atom. The molecule has 0 aromatic carbocycles. The van der Waals surface area contributed by atoms with Crippen LogP contribution in [0, 0.1) is 6.92 Å². The van der Waals surface area contributed by atoms with E-state index in [0.29, 0.717) is 10.9 Å². The molecule has 0 amide bonds. The lowest BCUT2D eigenvalue weighted by atomic mass is 9.95. The third kappa shape index (κ3) is 6.10. The van der Waals surface area contributed by atoms with Crippen molar-refractivity contribution in [1.82, 2.24) is 29.6 Å². The van der Waals surface area contributed by atoms with E-state index in [1.807, 2.05) is 18.5 Å². The molecular formula is C22H37N7OS. The molecule has 0 spiro atoms. The lowest BCUT2D eigenvalue weighted by Gasteiger charge is -2.36. The summed E-state index contributed by atoms with van der Waals surface area (Å²) in [7, 11) is 0.771. The van der Waals surface area contributed by atoms with Gasteiger partial charge in [0.05, 0.1) is 10.8 Å². The van der Waals surface area contributed by atoms with Crippen molar-refractivity contribution in [3.63, 3.8) is 0 Å². The molecule has 0 N–H and O–H groups in total. The maximum Gasteiger partial charge on any atom is 0.221 e. The van der Waals surface area contributed by atoms with Crippen molar-refractivity contribution in [2.24, 2.45) is 7.05 Å². The van der Waals surface area contributed by atoms with Crippen LogP contribution in [0.2, 0.25) is 0 Å². The lowest BCUT2D eigenvalue weighted by Crippen LogP contribution is -2.47. The molecule has 9 heteroatoms. The second-order valence-corrected chi connectivity index (χ2v) is 10.8. The maximum absolute atomic E-state index is 12.5. The summed E-state index contributed by atoms with van der Waals surface area (Å²) in [4.78, 5) is 14.5. The quantitative estimate of drug-likeness (QED) is 0.615. The Balaban J connectivity index is 1.53. The van der Waals surface area contributed by atoms with Crippen molar-refractivity contribution in [3.05, 3.63) is 23.4 Å². The van der Waals surface area contributed by atoms with Gasteiger partial charge >= 0.3 is 0 Å². The molecule has 1 atom stereocenters. The molecular weight excluding hydrogens is 410 g/mol. The molecule has 0 saturated carbocycles. The van der Waals surface area contributed by atoms with Crippen LogP contribution in [0.4, 0.5) is 5.82 Å². The summed E-state index contributed by atoms with van der Waals surface area (Å²) in [5.41, 5.74) is 1.08. The fourth-order valence-electron chi connectivity index (χ4n) is 3.66. The van der Waals surface area contributed by atoms with Crippen LogP contribution >= 0.6 is 0 Å². The van der Waals surface area contributed by atoms with Gasteiger partial charge < -0.3 is 9.47 Å². The molecule has 0 aliphatic carbocycles. The van der Waals surface area contributed by atoms with Crippen molar-refractivity contribution >= 4 is 16.6 Å². The van der Waals surface area contributed by atoms with E-state index in [4.69, 9.17) is 9.97 Å². The topological polar surface area (TPSA) is 80.0 Å². The maximum atomic E-state index is 12.5. The first-order chi connectivity index (χ1) is 14.7.